The van der Waals surface area contributed by atoms with Gasteiger partial charge in [0.2, 0.25) is 59.1 Å². The molecule has 0 saturated heterocycles. The van der Waals surface area contributed by atoms with Gasteiger partial charge in [-0.1, -0.05) is 102 Å². The molecule has 10 amide bonds. The second kappa shape index (κ2) is 35.5. The van der Waals surface area contributed by atoms with Crippen LogP contribution in [-0.4, -0.2) is 221 Å². The molecule has 0 bridgehead atoms. The molecule has 0 aromatic rings. The zero-order valence-electron chi connectivity index (χ0n) is 54.7. The largest absolute Gasteiger partial charge is 0.390 e. The third-order valence-electron chi connectivity index (χ3n) is 15.3. The van der Waals surface area contributed by atoms with Crippen molar-refractivity contribution in [3.63, 3.8) is 0 Å². The van der Waals surface area contributed by atoms with Crippen LogP contribution in [0.2, 0.25) is 0 Å². The van der Waals surface area contributed by atoms with Crippen LogP contribution in [0.4, 0.5) is 0 Å². The highest BCUT2D eigenvalue weighted by Crippen LogP contribution is 2.24. The molecular weight excluding hydrogens is 1050 g/mol. The van der Waals surface area contributed by atoms with Gasteiger partial charge in [0.25, 0.3) is 0 Å². The zero-order valence-corrected chi connectivity index (χ0v) is 54.7. The Balaban J connectivity index is 6.59. The fourth-order valence-corrected chi connectivity index (χ4v) is 10.1. The van der Waals surface area contributed by atoms with E-state index in [1.807, 2.05) is 79.4 Å². The lowest BCUT2D eigenvalue weighted by atomic mass is 9.92. The van der Waals surface area contributed by atoms with Crippen LogP contribution >= 0.6 is 0 Å². The van der Waals surface area contributed by atoms with Crippen molar-refractivity contribution in [2.45, 2.75) is 210 Å². The van der Waals surface area contributed by atoms with E-state index in [-0.39, 0.29) is 61.4 Å². The van der Waals surface area contributed by atoms with E-state index in [1.165, 1.54) is 61.6 Å². The lowest BCUT2D eigenvalue weighted by molar-refractivity contribution is -0.154. The summed E-state index contributed by atoms with van der Waals surface area (Å²) < 4.78 is 0. The molecule has 0 fully saturated rings. The summed E-state index contributed by atoms with van der Waals surface area (Å²) in [6.07, 6.45) is 4.29. The van der Waals surface area contributed by atoms with Crippen LogP contribution in [0.5, 0.6) is 0 Å². The molecule has 22 nitrogen and oxygen atoms in total. The Bertz CT molecular complexity index is 2150. The first-order valence-electron chi connectivity index (χ1n) is 29.4. The summed E-state index contributed by atoms with van der Waals surface area (Å²) in [5.74, 6) is -6.57. The van der Waals surface area contributed by atoms with E-state index < -0.39 is 125 Å². The third kappa shape index (κ3) is 23.5. The molecule has 11 atom stereocenters. The van der Waals surface area contributed by atoms with Crippen molar-refractivity contribution < 1.29 is 53.1 Å². The minimum absolute atomic E-state index is 0.0163. The van der Waals surface area contributed by atoms with Gasteiger partial charge in [0, 0.05) is 61.8 Å². The monoisotopic (exact) mass is 1160 g/mol. The summed E-state index contributed by atoms with van der Waals surface area (Å²) >= 11 is 0. The maximum absolute atomic E-state index is 14.8. The van der Waals surface area contributed by atoms with Crippen LogP contribution in [-0.2, 0) is 47.9 Å². The lowest BCUT2D eigenvalue weighted by Crippen LogP contribution is -2.61. The number of rotatable bonds is 35. The van der Waals surface area contributed by atoms with Gasteiger partial charge in [0.15, 0.2) is 0 Å². The molecule has 2 unspecified atom stereocenters. The number of carbonyl (C=O) groups excluding carboxylic acids is 10. The van der Waals surface area contributed by atoms with E-state index >= 15 is 0 Å². The van der Waals surface area contributed by atoms with E-state index in [9.17, 15) is 53.1 Å². The Hall–Kier alpha value is -5.64. The lowest BCUT2D eigenvalue weighted by Gasteiger charge is -2.41. The number of aliphatic hydroxyl groups is 1. The number of aliphatic hydroxyl groups excluding tert-OH is 1. The summed E-state index contributed by atoms with van der Waals surface area (Å²) in [5.41, 5.74) is 5.80. The predicted molar refractivity (Wildman–Crippen MR) is 321 cm³/mol. The Morgan fingerprint density at radius 2 is 0.951 bits per heavy atom. The average Bonchev–Trinajstić information content (AvgIpc) is 3.37. The summed E-state index contributed by atoms with van der Waals surface area (Å²) in [6, 6.07) is -8.92. The highest BCUT2D eigenvalue weighted by Gasteiger charge is 2.43. The van der Waals surface area contributed by atoms with Gasteiger partial charge in [0.05, 0.1) is 18.7 Å². The first-order chi connectivity index (χ1) is 37.7. The van der Waals surface area contributed by atoms with Crippen molar-refractivity contribution in [3.05, 3.63) is 12.2 Å². The third-order valence-corrected chi connectivity index (χ3v) is 15.3. The van der Waals surface area contributed by atoms with Gasteiger partial charge in [-0.25, -0.2) is 0 Å². The topological polar surface area (TPSA) is 276 Å². The second-order valence-electron chi connectivity index (χ2n) is 25.3. The molecule has 472 valence electrons. The molecule has 0 aliphatic rings. The van der Waals surface area contributed by atoms with Crippen LogP contribution in [0.1, 0.15) is 150 Å². The van der Waals surface area contributed by atoms with Crippen molar-refractivity contribution >= 4 is 59.1 Å². The number of nitrogens with two attached hydrogens (primary N) is 1. The van der Waals surface area contributed by atoms with E-state index in [4.69, 9.17) is 5.73 Å². The summed E-state index contributed by atoms with van der Waals surface area (Å²) in [4.78, 5) is 148. The van der Waals surface area contributed by atoms with Gasteiger partial charge in [-0.3, -0.25) is 52.8 Å². The first-order valence-corrected chi connectivity index (χ1v) is 29.4. The second-order valence-corrected chi connectivity index (χ2v) is 25.3. The molecule has 0 aromatic carbocycles. The molecule has 82 heavy (non-hydrogen) atoms. The molecule has 0 saturated carbocycles. The van der Waals surface area contributed by atoms with Crippen LogP contribution in [0.3, 0.4) is 0 Å². The molecule has 0 aromatic heterocycles. The Morgan fingerprint density at radius 1 is 0.500 bits per heavy atom. The number of hydrogen-bond acceptors (Lipinski definition) is 12. The van der Waals surface area contributed by atoms with Gasteiger partial charge >= 0.3 is 0 Å². The minimum Gasteiger partial charge on any atom is -0.390 e. The number of allylic oxidation sites excluding steroid dienone is 2. The van der Waals surface area contributed by atoms with E-state index in [2.05, 4.69) is 16.0 Å². The maximum atomic E-state index is 14.8. The quantitative estimate of drug-likeness (QED) is 0.0572. The van der Waals surface area contributed by atoms with E-state index in [0.29, 0.717) is 19.3 Å². The fourth-order valence-electron chi connectivity index (χ4n) is 10.1. The average molecular weight is 1160 g/mol. The molecule has 0 heterocycles. The number of nitrogens with zero attached hydrogens (tertiary/aromatic N) is 7. The van der Waals surface area contributed by atoms with Gasteiger partial charge in [-0.15, -0.1) is 0 Å². The number of nitrogens with one attached hydrogen (secondary N) is 3. The first kappa shape index (κ1) is 76.4. The highest BCUT2D eigenvalue weighted by molar-refractivity contribution is 5.97. The van der Waals surface area contributed by atoms with Crippen LogP contribution in [0.25, 0.3) is 0 Å². The molecule has 0 aliphatic heterocycles. The number of primary amides is 1. The molecule has 6 N–H and O–H groups in total. The summed E-state index contributed by atoms with van der Waals surface area (Å²) in [5, 5.41) is 19.6. The molecular formula is C60H111N11O11. The van der Waals surface area contributed by atoms with Crippen LogP contribution < -0.4 is 21.7 Å². The van der Waals surface area contributed by atoms with Crippen molar-refractivity contribution in [1.29, 1.82) is 0 Å². The SMILES string of the molecule is C/C=C/C[C@@H](C)[C@@H](O)C(C(N)=O)N(C)C(=O)[C@H](C(C)C)N(C)C(=O)[C@H](CC(C)C)N(C)C[C@H](CC(C)C)N(C)C(=O)[C@@H](C)NC(=O)[C@H](C)NC(=O)[C@H](CC(C)C)N(C)C(=O)C(NC(=O)[C@H](CC(C)C)N(C)C(=O)CN(C)C(C)=O)C(C)C. The number of likely N-dealkylation sites (N-methyl/N-ethyl adjacent to an activating group) is 7. The van der Waals surface area contributed by atoms with E-state index in [1.54, 1.807) is 67.6 Å². The number of hydrogen-bond donors (Lipinski definition) is 5. The molecule has 0 radical (unpaired) electrons. The zero-order chi connectivity index (χ0) is 64.1. The van der Waals surface area contributed by atoms with Crippen molar-refractivity contribution in [2.24, 2.45) is 47.2 Å². The summed E-state index contributed by atoms with van der Waals surface area (Å²) in [6.45, 7) is 30.7. The highest BCUT2D eigenvalue weighted by atomic mass is 16.3. The van der Waals surface area contributed by atoms with Gasteiger partial charge in [-0.05, 0) is 101 Å². The fraction of sp³-hybridized carbons (Fsp3) is 0.800. The van der Waals surface area contributed by atoms with Crippen molar-refractivity contribution in [3.8, 4) is 0 Å². The predicted octanol–water partition coefficient (Wildman–Crippen LogP) is 3.34. The smallest absolute Gasteiger partial charge is 0.246 e. The molecule has 0 aliphatic carbocycles. The number of amides is 10. The minimum atomic E-state index is -1.35. The van der Waals surface area contributed by atoms with Gasteiger partial charge in [-0.2, -0.15) is 0 Å². The van der Waals surface area contributed by atoms with Gasteiger partial charge < -0.3 is 56.2 Å². The van der Waals surface area contributed by atoms with E-state index in [0.717, 1.165) is 4.90 Å². The van der Waals surface area contributed by atoms with Gasteiger partial charge in [0.1, 0.15) is 42.3 Å². The molecule has 0 rings (SSSR count). The summed E-state index contributed by atoms with van der Waals surface area (Å²) in [7, 11) is 10.9. The molecule has 22 heteroatoms. The number of carbonyl (C=O) groups is 10. The standard InChI is InChI=1S/C60H111N11O11/c1-25-26-27-40(14)52(74)51(53(61)75)71(24)60(82)50(39(12)13)70(23)58(80)47(31-37(8)9)66(19)32-44(28-34(2)3)67(20)57(79)42(16)63-54(76)41(15)62-55(77)46(30-36(6)7)69(22)59(81)49(38(10)11)64-56(78)45(29-35(4)5)68(21)48(73)33-65(18)43(17)72/h25-26,34-42,44-47,49-52,74H,27-33H2,1-24H3,(H2,61,75)(H,62,77)(H,63,76)(H,64,78)/b26-25+/t40-,41+,42-,44+,45+,46+,47+,49?,50+,51?,52-/m1/s1. The van der Waals surface area contributed by atoms with Crippen LogP contribution in [0, 0.1) is 41.4 Å². The maximum Gasteiger partial charge on any atom is 0.246 e. The normalized spacial score (nSPS) is 16.0. The van der Waals surface area contributed by atoms with Crippen LogP contribution in [0.15, 0.2) is 12.2 Å². The Kier molecular flexibility index (Phi) is 33.0. The molecule has 0 spiro atoms. The Labute approximate surface area is 492 Å². The Morgan fingerprint density at radius 3 is 1.39 bits per heavy atom. The van der Waals surface area contributed by atoms with Crippen molar-refractivity contribution in [1.82, 2.24) is 50.2 Å². The van der Waals surface area contributed by atoms with Crippen molar-refractivity contribution in [2.75, 3.05) is 62.4 Å².